The summed E-state index contributed by atoms with van der Waals surface area (Å²) in [7, 11) is 0. The monoisotopic (exact) mass is 477 g/mol. The van der Waals surface area contributed by atoms with Gasteiger partial charge >= 0.3 is 12.1 Å². The summed E-state index contributed by atoms with van der Waals surface area (Å²) in [6.07, 6.45) is -0.753. The number of carbonyl (C=O) groups excluding carboxylic acids is 1. The minimum absolute atomic E-state index is 0.509. The lowest BCUT2D eigenvalue weighted by atomic mass is 9.84. The van der Waals surface area contributed by atoms with Crippen LogP contribution >= 0.6 is 11.8 Å². The summed E-state index contributed by atoms with van der Waals surface area (Å²) in [5.41, 5.74) is 2.33. The van der Waals surface area contributed by atoms with Crippen molar-refractivity contribution in [3.63, 3.8) is 0 Å². The molecule has 34 heavy (non-hydrogen) atoms. The Labute approximate surface area is 205 Å². The molecule has 0 radical (unpaired) electrons. The zero-order valence-corrected chi connectivity index (χ0v) is 20.7. The number of amides is 1. The van der Waals surface area contributed by atoms with E-state index in [-0.39, 0.29) is 0 Å². The molecule has 3 aromatic carbocycles. The van der Waals surface area contributed by atoms with E-state index in [0.717, 1.165) is 16.7 Å². The van der Waals surface area contributed by atoms with Crippen molar-refractivity contribution in [3.05, 3.63) is 108 Å². The molecule has 6 heteroatoms. The molecule has 0 aromatic heterocycles. The Bertz CT molecular complexity index is 985. The van der Waals surface area contributed by atoms with Gasteiger partial charge in [-0.2, -0.15) is 0 Å². The number of carboxylic acid groups (broad SMARTS) is 1. The smallest absolute Gasteiger partial charge is 0.408 e. The normalized spacial score (nSPS) is 13.5. The lowest BCUT2D eigenvalue weighted by Gasteiger charge is -2.38. The van der Waals surface area contributed by atoms with Crippen LogP contribution in [0.1, 0.15) is 44.4 Å². The van der Waals surface area contributed by atoms with Crippen molar-refractivity contribution in [3.8, 4) is 0 Å². The van der Waals surface area contributed by atoms with Crippen LogP contribution in [-0.4, -0.2) is 34.1 Å². The van der Waals surface area contributed by atoms with E-state index in [0.29, 0.717) is 0 Å². The second-order valence-corrected chi connectivity index (χ2v) is 10.7. The first-order chi connectivity index (χ1) is 16.1. The van der Waals surface area contributed by atoms with Crippen molar-refractivity contribution in [1.82, 2.24) is 5.32 Å². The van der Waals surface area contributed by atoms with E-state index in [9.17, 15) is 14.7 Å². The van der Waals surface area contributed by atoms with Crippen molar-refractivity contribution in [1.29, 1.82) is 0 Å². The van der Waals surface area contributed by atoms with Crippen molar-refractivity contribution >= 4 is 23.8 Å². The van der Waals surface area contributed by atoms with Crippen molar-refractivity contribution in [2.45, 2.75) is 49.3 Å². The van der Waals surface area contributed by atoms with Crippen molar-refractivity contribution < 1.29 is 19.4 Å². The molecule has 2 atom stereocenters. The molecule has 0 saturated heterocycles. The molecule has 1 amide bonds. The van der Waals surface area contributed by atoms with Crippen molar-refractivity contribution in [2.24, 2.45) is 0 Å². The summed E-state index contributed by atoms with van der Waals surface area (Å²) in [4.78, 5) is 24.7. The summed E-state index contributed by atoms with van der Waals surface area (Å²) in [6, 6.07) is 28.9. The Morgan fingerprint density at radius 2 is 1.18 bits per heavy atom. The first-order valence-electron chi connectivity index (χ1n) is 11.2. The van der Waals surface area contributed by atoms with E-state index in [4.69, 9.17) is 4.74 Å². The molecular formula is C28H31NO4S. The number of hydrogen-bond acceptors (Lipinski definition) is 4. The molecule has 0 heterocycles. The fourth-order valence-electron chi connectivity index (χ4n) is 3.88. The van der Waals surface area contributed by atoms with Crippen LogP contribution < -0.4 is 5.32 Å². The second-order valence-electron chi connectivity index (χ2n) is 9.06. The molecule has 2 N–H and O–H groups in total. The predicted octanol–water partition coefficient (Wildman–Crippen LogP) is 6.08. The number of hydrogen-bond donors (Lipinski definition) is 2. The third-order valence-corrected chi connectivity index (χ3v) is 7.02. The fourth-order valence-corrected chi connectivity index (χ4v) is 5.58. The molecule has 0 aliphatic rings. The summed E-state index contributed by atoms with van der Waals surface area (Å²) in [5.74, 6) is -1.12. The van der Waals surface area contributed by atoms with Gasteiger partial charge in [0.2, 0.25) is 0 Å². The number of carbonyl (C=O) groups is 2. The van der Waals surface area contributed by atoms with Crippen LogP contribution in [0.5, 0.6) is 0 Å². The predicted molar refractivity (Wildman–Crippen MR) is 137 cm³/mol. The molecule has 0 spiro atoms. The average Bonchev–Trinajstić information content (AvgIpc) is 2.81. The van der Waals surface area contributed by atoms with E-state index < -0.39 is 33.7 Å². The summed E-state index contributed by atoms with van der Waals surface area (Å²) in [5, 5.41) is 12.1. The highest BCUT2D eigenvalue weighted by Crippen LogP contribution is 2.50. The molecular weight excluding hydrogens is 446 g/mol. The number of rotatable bonds is 8. The number of ether oxygens (including phenoxy) is 1. The summed E-state index contributed by atoms with van der Waals surface area (Å²) >= 11 is 1.50. The molecule has 0 unspecified atom stereocenters. The van der Waals surface area contributed by atoms with Gasteiger partial charge in [-0.25, -0.2) is 9.59 Å². The van der Waals surface area contributed by atoms with E-state index >= 15 is 0 Å². The summed E-state index contributed by atoms with van der Waals surface area (Å²) < 4.78 is 4.63. The maximum absolute atomic E-state index is 12.4. The van der Waals surface area contributed by atoms with E-state index in [2.05, 4.69) is 41.7 Å². The van der Waals surface area contributed by atoms with Crippen LogP contribution in [0.4, 0.5) is 4.79 Å². The number of aliphatic carboxylic acids is 1. The molecule has 178 valence electrons. The number of alkyl carbamates (subject to hydrolysis) is 1. The van der Waals surface area contributed by atoms with Gasteiger partial charge in [-0.15, -0.1) is 11.8 Å². The first kappa shape index (κ1) is 25.4. The number of benzene rings is 3. The number of carboxylic acids is 1. The third-order valence-electron chi connectivity index (χ3n) is 5.31. The first-order valence-corrected chi connectivity index (χ1v) is 12.1. The Kier molecular flexibility index (Phi) is 8.05. The van der Waals surface area contributed by atoms with Gasteiger partial charge in [0.05, 0.1) is 4.75 Å². The molecule has 3 aromatic rings. The van der Waals surface area contributed by atoms with Gasteiger partial charge in [0.25, 0.3) is 0 Å². The Hall–Kier alpha value is -3.25. The topological polar surface area (TPSA) is 75.6 Å². The zero-order valence-electron chi connectivity index (χ0n) is 19.9. The maximum Gasteiger partial charge on any atom is 0.408 e. The molecule has 3 rings (SSSR count). The van der Waals surface area contributed by atoms with Crippen LogP contribution in [-0.2, 0) is 14.3 Å². The molecule has 0 saturated carbocycles. The Morgan fingerprint density at radius 1 is 0.794 bits per heavy atom. The van der Waals surface area contributed by atoms with Gasteiger partial charge in [-0.3, -0.25) is 0 Å². The van der Waals surface area contributed by atoms with Gasteiger partial charge in [0, 0.05) is 5.25 Å². The lowest BCUT2D eigenvalue weighted by molar-refractivity contribution is -0.139. The molecule has 0 fully saturated rings. The standard InChI is InChI=1S/C28H31NO4S/c1-20(24(25(30)31)29-26(32)33-27(2,3)4)34-28(21-14-8-5-9-15-21,22-16-10-6-11-17-22)23-18-12-7-13-19-23/h5-20,24H,1-4H3,(H,29,32)(H,30,31)/t20-,24-/m0/s1. The summed E-state index contributed by atoms with van der Waals surface area (Å²) in [6.45, 7) is 7.05. The highest BCUT2D eigenvalue weighted by atomic mass is 32.2. The number of thioether (sulfide) groups is 1. The quantitative estimate of drug-likeness (QED) is 0.385. The van der Waals surface area contributed by atoms with Gasteiger partial charge in [0.1, 0.15) is 11.6 Å². The van der Waals surface area contributed by atoms with E-state index in [1.807, 2.05) is 61.5 Å². The molecule has 5 nitrogen and oxygen atoms in total. The highest BCUT2D eigenvalue weighted by molar-refractivity contribution is 8.01. The maximum atomic E-state index is 12.4. The molecule has 0 aliphatic heterocycles. The largest absolute Gasteiger partial charge is 0.480 e. The Balaban J connectivity index is 2.10. The highest BCUT2D eigenvalue weighted by Gasteiger charge is 2.42. The lowest BCUT2D eigenvalue weighted by Crippen LogP contribution is -2.49. The molecule has 0 aliphatic carbocycles. The zero-order chi connectivity index (χ0) is 24.8. The van der Waals surface area contributed by atoms with E-state index in [1.165, 1.54) is 11.8 Å². The van der Waals surface area contributed by atoms with Crippen molar-refractivity contribution in [2.75, 3.05) is 0 Å². The average molecular weight is 478 g/mol. The molecule has 0 bridgehead atoms. The van der Waals surface area contributed by atoms with E-state index in [1.54, 1.807) is 20.8 Å². The van der Waals surface area contributed by atoms with Crippen LogP contribution in [0.25, 0.3) is 0 Å². The second kappa shape index (κ2) is 10.8. The SMILES string of the molecule is C[C@H](SC(c1ccccc1)(c1ccccc1)c1ccccc1)[C@H](NC(=O)OC(C)(C)C)C(=O)O. The minimum atomic E-state index is -1.16. The Morgan fingerprint density at radius 3 is 1.50 bits per heavy atom. The van der Waals surface area contributed by atoms with Gasteiger partial charge in [-0.05, 0) is 37.5 Å². The third kappa shape index (κ3) is 6.00. The van der Waals surface area contributed by atoms with Crippen LogP contribution in [0, 0.1) is 0 Å². The van der Waals surface area contributed by atoms with Crippen LogP contribution in [0.2, 0.25) is 0 Å². The fraction of sp³-hybridized carbons (Fsp3) is 0.286. The van der Waals surface area contributed by atoms with Gasteiger partial charge in [0.15, 0.2) is 0 Å². The minimum Gasteiger partial charge on any atom is -0.480 e. The van der Waals surface area contributed by atoms with Crippen LogP contribution in [0.15, 0.2) is 91.0 Å². The van der Waals surface area contributed by atoms with Crippen LogP contribution in [0.3, 0.4) is 0 Å². The van der Waals surface area contributed by atoms with Gasteiger partial charge < -0.3 is 15.2 Å². The van der Waals surface area contributed by atoms with Gasteiger partial charge in [-0.1, -0.05) is 97.9 Å². The number of nitrogens with one attached hydrogen (secondary N) is 1.